The van der Waals surface area contributed by atoms with Crippen molar-refractivity contribution in [2.45, 2.75) is 13.3 Å². The van der Waals surface area contributed by atoms with Gasteiger partial charge in [-0.25, -0.2) is 0 Å². The van der Waals surface area contributed by atoms with Crippen molar-refractivity contribution in [3.8, 4) is 11.8 Å². The van der Waals surface area contributed by atoms with Gasteiger partial charge < -0.3 is 10.4 Å². The first kappa shape index (κ1) is 12.3. The average Bonchev–Trinajstić information content (AvgIpc) is 2.26. The molecule has 0 unspecified atom stereocenters. The Balaban J connectivity index is 2.68. The Kier molecular flexibility index (Phi) is 5.10. The molecule has 16 heavy (non-hydrogen) atoms. The van der Waals surface area contributed by atoms with E-state index in [4.69, 9.17) is 5.11 Å². The second-order valence-corrected chi connectivity index (χ2v) is 3.34. The van der Waals surface area contributed by atoms with E-state index in [1.807, 2.05) is 24.3 Å². The molecule has 0 atom stereocenters. The minimum absolute atomic E-state index is 0.0852. The summed E-state index contributed by atoms with van der Waals surface area (Å²) in [5.41, 5.74) is 1.93. The van der Waals surface area contributed by atoms with Crippen LogP contribution in [0.25, 0.3) is 0 Å². The summed E-state index contributed by atoms with van der Waals surface area (Å²) < 4.78 is 0. The number of hydrogen-bond acceptors (Lipinski definition) is 2. The normalized spacial score (nSPS) is 9.12. The van der Waals surface area contributed by atoms with Crippen LogP contribution in [0.5, 0.6) is 0 Å². The fraction of sp³-hybridized carbons (Fsp3) is 0.308. The Labute approximate surface area is 95.5 Å². The molecule has 0 fully saturated rings. The maximum atomic E-state index is 10.6. The van der Waals surface area contributed by atoms with Gasteiger partial charge in [0.2, 0.25) is 5.91 Å². The van der Waals surface area contributed by atoms with Gasteiger partial charge in [-0.3, -0.25) is 4.79 Å². The summed E-state index contributed by atoms with van der Waals surface area (Å²) >= 11 is 0. The first-order valence-electron chi connectivity index (χ1n) is 5.16. The van der Waals surface area contributed by atoms with Crippen LogP contribution in [0.15, 0.2) is 24.3 Å². The lowest BCUT2D eigenvalue weighted by molar-refractivity contribution is -0.118. The second-order valence-electron chi connectivity index (χ2n) is 3.34. The van der Waals surface area contributed by atoms with Crippen LogP contribution in [0.4, 0.5) is 0 Å². The predicted octanol–water partition coefficient (Wildman–Crippen LogP) is 0.709. The third-order valence-corrected chi connectivity index (χ3v) is 2.05. The van der Waals surface area contributed by atoms with Gasteiger partial charge in [-0.2, -0.15) is 0 Å². The lowest BCUT2D eigenvalue weighted by atomic mass is 10.1. The molecule has 0 heterocycles. The highest BCUT2D eigenvalue weighted by Gasteiger charge is 1.96. The zero-order chi connectivity index (χ0) is 11.8. The molecule has 3 heteroatoms. The lowest BCUT2D eigenvalue weighted by Crippen LogP contribution is -2.19. The van der Waals surface area contributed by atoms with E-state index in [1.54, 1.807) is 0 Å². The maximum Gasteiger partial charge on any atom is 0.217 e. The average molecular weight is 217 g/mol. The summed E-state index contributed by atoms with van der Waals surface area (Å²) in [5, 5.41) is 11.5. The van der Waals surface area contributed by atoms with Crippen LogP contribution >= 0.6 is 0 Å². The molecule has 3 nitrogen and oxygen atoms in total. The Morgan fingerprint density at radius 3 is 2.88 bits per heavy atom. The van der Waals surface area contributed by atoms with Gasteiger partial charge >= 0.3 is 0 Å². The van der Waals surface area contributed by atoms with Crippen LogP contribution in [0, 0.1) is 11.8 Å². The maximum absolute atomic E-state index is 10.6. The summed E-state index contributed by atoms with van der Waals surface area (Å²) in [6.07, 6.45) is 0.602. The van der Waals surface area contributed by atoms with Gasteiger partial charge in [-0.1, -0.05) is 30.0 Å². The number of benzene rings is 1. The predicted molar refractivity (Wildman–Crippen MR) is 62.8 cm³/mol. The fourth-order valence-corrected chi connectivity index (χ4v) is 1.29. The highest BCUT2D eigenvalue weighted by Crippen LogP contribution is 2.07. The topological polar surface area (TPSA) is 49.3 Å². The van der Waals surface area contributed by atoms with Crippen LogP contribution in [-0.2, 0) is 11.2 Å². The summed E-state index contributed by atoms with van der Waals surface area (Å²) in [4.78, 5) is 10.6. The van der Waals surface area contributed by atoms with Crippen LogP contribution in [0.2, 0.25) is 0 Å². The summed E-state index contributed by atoms with van der Waals surface area (Å²) in [6, 6.07) is 7.68. The minimum atomic E-state index is -0.0852. The molecule has 84 valence electrons. The van der Waals surface area contributed by atoms with E-state index >= 15 is 0 Å². The van der Waals surface area contributed by atoms with Crippen molar-refractivity contribution in [3.63, 3.8) is 0 Å². The smallest absolute Gasteiger partial charge is 0.217 e. The molecule has 0 spiro atoms. The number of aliphatic hydroxyl groups is 1. The molecule has 0 aromatic heterocycles. The zero-order valence-electron chi connectivity index (χ0n) is 9.29. The van der Waals surface area contributed by atoms with E-state index < -0.39 is 0 Å². The fourth-order valence-electron chi connectivity index (χ4n) is 1.29. The van der Waals surface area contributed by atoms with Crippen molar-refractivity contribution in [2.75, 3.05) is 13.2 Å². The number of carbonyl (C=O) groups is 1. The van der Waals surface area contributed by atoms with Crippen molar-refractivity contribution >= 4 is 5.91 Å². The van der Waals surface area contributed by atoms with Gasteiger partial charge in [0.15, 0.2) is 0 Å². The van der Waals surface area contributed by atoms with Crippen molar-refractivity contribution < 1.29 is 9.90 Å². The Morgan fingerprint density at radius 2 is 2.19 bits per heavy atom. The molecule has 0 aliphatic heterocycles. The van der Waals surface area contributed by atoms with Crippen molar-refractivity contribution in [3.05, 3.63) is 35.4 Å². The van der Waals surface area contributed by atoms with Gasteiger partial charge in [-0.15, -0.1) is 0 Å². The standard InChI is InChI=1S/C13H15NO2/c1-11(16)14-9-4-7-12-5-2-3-6-13(12)8-10-15/h2-3,5-6,15H,8-10H2,1H3,(H,14,16). The van der Waals surface area contributed by atoms with Crippen LogP contribution in [0.3, 0.4) is 0 Å². The molecule has 0 aliphatic rings. The summed E-state index contributed by atoms with van der Waals surface area (Å²) in [6.45, 7) is 1.93. The summed E-state index contributed by atoms with van der Waals surface area (Å²) in [7, 11) is 0. The lowest BCUT2D eigenvalue weighted by Gasteiger charge is -2.01. The Hall–Kier alpha value is -1.79. The number of rotatable bonds is 3. The molecule has 0 saturated heterocycles. The molecule has 1 aromatic carbocycles. The van der Waals surface area contributed by atoms with Gasteiger partial charge in [0.25, 0.3) is 0 Å². The molecular formula is C13H15NO2. The zero-order valence-corrected chi connectivity index (χ0v) is 9.29. The number of amides is 1. The number of hydrogen-bond donors (Lipinski definition) is 2. The van der Waals surface area contributed by atoms with Crippen LogP contribution < -0.4 is 5.32 Å². The van der Waals surface area contributed by atoms with E-state index in [-0.39, 0.29) is 12.5 Å². The van der Waals surface area contributed by atoms with Gasteiger partial charge in [-0.05, 0) is 18.1 Å². The molecule has 0 bridgehead atoms. The van der Waals surface area contributed by atoms with Crippen molar-refractivity contribution in [2.24, 2.45) is 0 Å². The molecule has 1 amide bonds. The first-order chi connectivity index (χ1) is 7.74. The molecule has 1 rings (SSSR count). The molecule has 0 aliphatic carbocycles. The second kappa shape index (κ2) is 6.65. The SMILES string of the molecule is CC(=O)NCC#Cc1ccccc1CCO. The third-order valence-electron chi connectivity index (χ3n) is 2.05. The highest BCUT2D eigenvalue weighted by atomic mass is 16.2. The van der Waals surface area contributed by atoms with Crippen molar-refractivity contribution in [1.29, 1.82) is 0 Å². The van der Waals surface area contributed by atoms with E-state index in [0.29, 0.717) is 13.0 Å². The van der Waals surface area contributed by atoms with Crippen LogP contribution in [-0.4, -0.2) is 24.2 Å². The van der Waals surface area contributed by atoms with E-state index in [2.05, 4.69) is 17.2 Å². The third kappa shape index (κ3) is 4.16. The molecular weight excluding hydrogens is 202 g/mol. The van der Waals surface area contributed by atoms with Gasteiger partial charge in [0, 0.05) is 19.1 Å². The molecule has 0 saturated carbocycles. The molecule has 1 aromatic rings. The molecule has 0 radical (unpaired) electrons. The largest absolute Gasteiger partial charge is 0.396 e. The first-order valence-corrected chi connectivity index (χ1v) is 5.16. The minimum Gasteiger partial charge on any atom is -0.396 e. The van der Waals surface area contributed by atoms with Crippen LogP contribution in [0.1, 0.15) is 18.1 Å². The molecule has 2 N–H and O–H groups in total. The van der Waals surface area contributed by atoms with E-state index in [1.165, 1.54) is 6.92 Å². The van der Waals surface area contributed by atoms with E-state index in [9.17, 15) is 4.79 Å². The number of aliphatic hydroxyl groups excluding tert-OH is 1. The quantitative estimate of drug-likeness (QED) is 0.733. The van der Waals surface area contributed by atoms with E-state index in [0.717, 1.165) is 11.1 Å². The van der Waals surface area contributed by atoms with Gasteiger partial charge in [0.05, 0.1) is 6.54 Å². The van der Waals surface area contributed by atoms with Crippen molar-refractivity contribution in [1.82, 2.24) is 5.32 Å². The number of carbonyl (C=O) groups excluding carboxylic acids is 1. The Bertz CT molecular complexity index is 415. The monoisotopic (exact) mass is 217 g/mol. The van der Waals surface area contributed by atoms with Gasteiger partial charge in [0.1, 0.15) is 0 Å². The number of nitrogens with one attached hydrogen (secondary N) is 1. The summed E-state index contributed by atoms with van der Waals surface area (Å²) in [5.74, 6) is 5.76. The highest BCUT2D eigenvalue weighted by molar-refractivity contribution is 5.73. The Morgan fingerprint density at radius 1 is 1.44 bits per heavy atom.